The van der Waals surface area contributed by atoms with Crippen LogP contribution in [0.25, 0.3) is 0 Å². The van der Waals surface area contributed by atoms with Gasteiger partial charge in [0.25, 0.3) is 0 Å². The van der Waals surface area contributed by atoms with E-state index >= 15 is 0 Å². The molecular weight excluding hydrogens is 328 g/mol. The van der Waals surface area contributed by atoms with Gasteiger partial charge in [0.05, 0.1) is 13.7 Å². The predicted molar refractivity (Wildman–Crippen MR) is 107 cm³/mol. The van der Waals surface area contributed by atoms with Gasteiger partial charge in [-0.3, -0.25) is 4.99 Å². The summed E-state index contributed by atoms with van der Waals surface area (Å²) in [6.45, 7) is 7.11. The number of methoxy groups -OCH3 is 1. The first-order chi connectivity index (χ1) is 12.7. The fourth-order valence-corrected chi connectivity index (χ4v) is 3.13. The van der Waals surface area contributed by atoms with Gasteiger partial charge in [-0.1, -0.05) is 25.0 Å². The van der Waals surface area contributed by atoms with Gasteiger partial charge in [0.1, 0.15) is 6.10 Å². The van der Waals surface area contributed by atoms with Crippen LogP contribution in [0.2, 0.25) is 0 Å². The van der Waals surface area contributed by atoms with Gasteiger partial charge in [0, 0.05) is 20.1 Å². The van der Waals surface area contributed by atoms with Crippen molar-refractivity contribution in [1.29, 1.82) is 0 Å². The van der Waals surface area contributed by atoms with Gasteiger partial charge in [0.2, 0.25) is 0 Å². The van der Waals surface area contributed by atoms with Gasteiger partial charge in [0.15, 0.2) is 17.5 Å². The summed E-state index contributed by atoms with van der Waals surface area (Å²) >= 11 is 0. The van der Waals surface area contributed by atoms with Crippen LogP contribution >= 0.6 is 0 Å². The highest BCUT2D eigenvalue weighted by molar-refractivity contribution is 5.79. The topological polar surface area (TPSA) is 58.1 Å². The molecule has 1 heterocycles. The summed E-state index contributed by atoms with van der Waals surface area (Å²) in [7, 11) is 3.45. The van der Waals surface area contributed by atoms with Gasteiger partial charge >= 0.3 is 0 Å². The van der Waals surface area contributed by atoms with E-state index in [-0.39, 0.29) is 6.10 Å². The molecular formula is C20H34N4O2. The molecule has 0 saturated carbocycles. The first-order valence-electron chi connectivity index (χ1n) is 9.69. The molecule has 1 fully saturated rings. The molecule has 6 nitrogen and oxygen atoms in total. The van der Waals surface area contributed by atoms with Gasteiger partial charge < -0.3 is 25.0 Å². The maximum absolute atomic E-state index is 5.97. The van der Waals surface area contributed by atoms with E-state index in [0.717, 1.165) is 30.5 Å². The van der Waals surface area contributed by atoms with Crippen molar-refractivity contribution in [3.05, 3.63) is 24.3 Å². The Morgan fingerprint density at radius 1 is 1.12 bits per heavy atom. The number of benzene rings is 1. The van der Waals surface area contributed by atoms with E-state index in [4.69, 9.17) is 9.47 Å². The number of rotatable bonds is 8. The van der Waals surface area contributed by atoms with E-state index in [1.54, 1.807) is 14.2 Å². The smallest absolute Gasteiger partial charge is 0.191 e. The summed E-state index contributed by atoms with van der Waals surface area (Å²) in [5.74, 6) is 2.32. The Kier molecular flexibility index (Phi) is 9.10. The Morgan fingerprint density at radius 2 is 1.81 bits per heavy atom. The molecule has 2 N–H and O–H groups in total. The van der Waals surface area contributed by atoms with Crippen LogP contribution in [0.15, 0.2) is 29.3 Å². The monoisotopic (exact) mass is 362 g/mol. The summed E-state index contributed by atoms with van der Waals surface area (Å²) in [5, 5.41) is 6.73. The Bertz CT molecular complexity index is 542. The normalized spacial score (nSPS) is 17.3. The van der Waals surface area contributed by atoms with E-state index in [2.05, 4.69) is 20.5 Å². The number of nitrogens with zero attached hydrogens (tertiary/aromatic N) is 2. The van der Waals surface area contributed by atoms with Crippen molar-refractivity contribution in [2.75, 3.05) is 46.9 Å². The first-order valence-corrected chi connectivity index (χ1v) is 9.69. The van der Waals surface area contributed by atoms with E-state index < -0.39 is 0 Å². The minimum absolute atomic E-state index is 0.00421. The van der Waals surface area contributed by atoms with Crippen molar-refractivity contribution >= 4 is 5.96 Å². The lowest BCUT2D eigenvalue weighted by Gasteiger charge is -2.22. The third-order valence-electron chi connectivity index (χ3n) is 4.60. The maximum atomic E-state index is 5.97. The number of ether oxygens (including phenoxy) is 2. The van der Waals surface area contributed by atoms with E-state index in [1.807, 2.05) is 31.2 Å². The fourth-order valence-electron chi connectivity index (χ4n) is 3.13. The summed E-state index contributed by atoms with van der Waals surface area (Å²) in [5.41, 5.74) is 0. The number of hydrogen-bond acceptors (Lipinski definition) is 4. The second-order valence-electron chi connectivity index (χ2n) is 6.72. The minimum Gasteiger partial charge on any atom is -0.493 e. The van der Waals surface area contributed by atoms with Gasteiger partial charge in [-0.15, -0.1) is 0 Å². The molecule has 1 atom stereocenters. The SMILES string of the molecule is CN=C(NCCN1CCCCCC1)NCC(C)Oc1ccccc1OC. The highest BCUT2D eigenvalue weighted by Crippen LogP contribution is 2.26. The van der Waals surface area contributed by atoms with Crippen molar-refractivity contribution in [3.63, 3.8) is 0 Å². The summed E-state index contributed by atoms with van der Waals surface area (Å²) in [6.07, 6.45) is 5.39. The molecule has 26 heavy (non-hydrogen) atoms. The van der Waals surface area contributed by atoms with E-state index in [9.17, 15) is 0 Å². The second kappa shape index (κ2) is 11.6. The predicted octanol–water partition coefficient (Wildman–Crippen LogP) is 2.50. The Morgan fingerprint density at radius 3 is 2.46 bits per heavy atom. The summed E-state index contributed by atoms with van der Waals surface area (Å²) in [4.78, 5) is 6.84. The molecule has 1 aromatic rings. The standard InChI is InChI=1S/C20H34N4O2/c1-17(26-19-11-7-6-10-18(19)25-3)16-23-20(21-2)22-12-15-24-13-8-4-5-9-14-24/h6-7,10-11,17H,4-5,8-9,12-16H2,1-3H3,(H2,21,22,23). The van der Waals surface area contributed by atoms with Gasteiger partial charge in [-0.2, -0.15) is 0 Å². The Balaban J connectivity index is 1.68. The quantitative estimate of drug-likeness (QED) is 0.550. The van der Waals surface area contributed by atoms with Gasteiger partial charge in [-0.05, 0) is 45.0 Å². The Hall–Kier alpha value is -1.95. The van der Waals surface area contributed by atoms with Crippen molar-refractivity contribution in [2.24, 2.45) is 4.99 Å². The highest BCUT2D eigenvalue weighted by Gasteiger charge is 2.11. The number of aliphatic imine (C=N–C) groups is 1. The van der Waals surface area contributed by atoms with E-state index in [1.165, 1.54) is 38.8 Å². The molecule has 1 aliphatic heterocycles. The lowest BCUT2D eigenvalue weighted by molar-refractivity contribution is 0.213. The van der Waals surface area contributed by atoms with Crippen molar-refractivity contribution in [1.82, 2.24) is 15.5 Å². The molecule has 2 rings (SSSR count). The molecule has 0 aromatic heterocycles. The van der Waals surface area contributed by atoms with Crippen LogP contribution in [-0.4, -0.2) is 63.8 Å². The van der Waals surface area contributed by atoms with Gasteiger partial charge in [-0.25, -0.2) is 0 Å². The lowest BCUT2D eigenvalue weighted by Crippen LogP contribution is -2.44. The molecule has 0 aliphatic carbocycles. The molecule has 0 radical (unpaired) electrons. The average Bonchev–Trinajstić information content (AvgIpc) is 2.93. The van der Waals surface area contributed by atoms with Crippen molar-refractivity contribution in [2.45, 2.75) is 38.7 Å². The number of guanidine groups is 1. The largest absolute Gasteiger partial charge is 0.493 e. The minimum atomic E-state index is -0.00421. The second-order valence-corrected chi connectivity index (χ2v) is 6.72. The number of hydrogen-bond donors (Lipinski definition) is 2. The zero-order valence-electron chi connectivity index (χ0n) is 16.5. The molecule has 1 saturated heterocycles. The molecule has 146 valence electrons. The number of likely N-dealkylation sites (tertiary alicyclic amines) is 1. The van der Waals surface area contributed by atoms with Crippen LogP contribution in [0.3, 0.4) is 0 Å². The number of nitrogens with one attached hydrogen (secondary N) is 2. The molecule has 1 unspecified atom stereocenters. The highest BCUT2D eigenvalue weighted by atomic mass is 16.5. The molecule has 0 bridgehead atoms. The third kappa shape index (κ3) is 7.12. The van der Waals surface area contributed by atoms with Crippen LogP contribution in [0.5, 0.6) is 11.5 Å². The third-order valence-corrected chi connectivity index (χ3v) is 4.60. The zero-order valence-corrected chi connectivity index (χ0v) is 16.5. The number of para-hydroxylation sites is 2. The van der Waals surface area contributed by atoms with Crippen LogP contribution in [0, 0.1) is 0 Å². The fraction of sp³-hybridized carbons (Fsp3) is 0.650. The van der Waals surface area contributed by atoms with Crippen LogP contribution < -0.4 is 20.1 Å². The van der Waals surface area contributed by atoms with Crippen LogP contribution in [-0.2, 0) is 0 Å². The molecule has 0 amide bonds. The van der Waals surface area contributed by atoms with Crippen LogP contribution in [0.1, 0.15) is 32.6 Å². The van der Waals surface area contributed by atoms with Crippen LogP contribution in [0.4, 0.5) is 0 Å². The summed E-state index contributed by atoms with van der Waals surface area (Å²) in [6, 6.07) is 7.70. The molecule has 6 heteroatoms. The lowest BCUT2D eigenvalue weighted by atomic mass is 10.2. The average molecular weight is 363 g/mol. The van der Waals surface area contributed by atoms with E-state index in [0.29, 0.717) is 6.54 Å². The molecule has 0 spiro atoms. The molecule has 1 aromatic carbocycles. The zero-order chi connectivity index (χ0) is 18.6. The Labute approximate surface area is 158 Å². The maximum Gasteiger partial charge on any atom is 0.191 e. The van der Waals surface area contributed by atoms with Crippen molar-refractivity contribution < 1.29 is 9.47 Å². The first kappa shape index (κ1) is 20.4. The molecule has 1 aliphatic rings. The van der Waals surface area contributed by atoms with Crippen molar-refractivity contribution in [3.8, 4) is 11.5 Å². The summed E-state index contributed by atoms with van der Waals surface area (Å²) < 4.78 is 11.3.